The molecule has 0 fully saturated rings. The van der Waals surface area contributed by atoms with Crippen molar-refractivity contribution in [2.75, 3.05) is 28.4 Å². The van der Waals surface area contributed by atoms with Crippen molar-refractivity contribution >= 4 is 29.6 Å². The Balaban J connectivity index is 2.96. The Morgan fingerprint density at radius 2 is 1.42 bits per heavy atom. The number of nitrogens with zero attached hydrogens (tertiary/aromatic N) is 1. The second-order valence-electron chi connectivity index (χ2n) is 6.31. The number of esters is 4. The van der Waals surface area contributed by atoms with Gasteiger partial charge in [-0.2, -0.15) is 0 Å². The van der Waals surface area contributed by atoms with Gasteiger partial charge in [0.2, 0.25) is 0 Å². The zero-order valence-electron chi connectivity index (χ0n) is 17.9. The molecule has 1 heterocycles. The summed E-state index contributed by atoms with van der Waals surface area (Å²) in [7, 11) is 4.64. The van der Waals surface area contributed by atoms with Crippen LogP contribution >= 0.6 is 0 Å². The maximum absolute atomic E-state index is 12.7. The van der Waals surface area contributed by atoms with Gasteiger partial charge in [-0.15, -0.1) is 0 Å². The highest BCUT2D eigenvalue weighted by atomic mass is 16.5. The number of benzene rings is 1. The van der Waals surface area contributed by atoms with Crippen LogP contribution in [0.5, 0.6) is 0 Å². The molecule has 2 rings (SSSR count). The van der Waals surface area contributed by atoms with E-state index < -0.39 is 23.9 Å². The fraction of sp³-hybridized carbons (Fsp3) is 0.273. The van der Waals surface area contributed by atoms with Crippen LogP contribution in [0.15, 0.2) is 36.4 Å². The highest BCUT2D eigenvalue weighted by molar-refractivity contribution is 6.16. The Kier molecular flexibility index (Phi) is 7.73. The number of methoxy groups -OCH3 is 4. The Morgan fingerprint density at radius 3 is 1.94 bits per heavy atom. The SMILES string of the molecule is COC(=O)/C=C(\C(=O)OC)n1c(C)c(C(=O)OC)c(C(=O)OC)c1Cc1ccccc1. The maximum Gasteiger partial charge on any atom is 0.355 e. The lowest BCUT2D eigenvalue weighted by atomic mass is 10.0. The Bertz CT molecular complexity index is 1030. The van der Waals surface area contributed by atoms with Gasteiger partial charge in [-0.3, -0.25) is 0 Å². The fourth-order valence-electron chi connectivity index (χ4n) is 3.20. The van der Waals surface area contributed by atoms with Crippen LogP contribution in [0.1, 0.15) is 37.7 Å². The van der Waals surface area contributed by atoms with Crippen LogP contribution in [0.4, 0.5) is 0 Å². The summed E-state index contributed by atoms with van der Waals surface area (Å²) in [6.07, 6.45) is 1.06. The number of hydrogen-bond acceptors (Lipinski definition) is 8. The molecule has 0 saturated heterocycles. The highest BCUT2D eigenvalue weighted by Gasteiger charge is 2.33. The topological polar surface area (TPSA) is 110 Å². The minimum atomic E-state index is -0.870. The first-order valence-electron chi connectivity index (χ1n) is 9.13. The lowest BCUT2D eigenvalue weighted by Gasteiger charge is -2.15. The molecular weight excluding hydrogens is 406 g/mol. The monoisotopic (exact) mass is 429 g/mol. The fourth-order valence-corrected chi connectivity index (χ4v) is 3.20. The van der Waals surface area contributed by atoms with Gasteiger partial charge < -0.3 is 23.5 Å². The zero-order valence-corrected chi connectivity index (χ0v) is 17.9. The molecule has 9 nitrogen and oxygen atoms in total. The van der Waals surface area contributed by atoms with Crippen LogP contribution in [0.25, 0.3) is 5.70 Å². The zero-order chi connectivity index (χ0) is 23.1. The van der Waals surface area contributed by atoms with Crippen molar-refractivity contribution in [2.45, 2.75) is 13.3 Å². The van der Waals surface area contributed by atoms with E-state index in [0.29, 0.717) is 0 Å². The van der Waals surface area contributed by atoms with Crippen molar-refractivity contribution in [1.29, 1.82) is 0 Å². The molecule has 0 aliphatic rings. The van der Waals surface area contributed by atoms with Gasteiger partial charge in [0.25, 0.3) is 0 Å². The third-order valence-electron chi connectivity index (χ3n) is 4.59. The van der Waals surface area contributed by atoms with E-state index in [-0.39, 0.29) is 34.6 Å². The van der Waals surface area contributed by atoms with E-state index in [4.69, 9.17) is 14.2 Å². The van der Waals surface area contributed by atoms with E-state index in [1.165, 1.54) is 25.7 Å². The Morgan fingerprint density at radius 1 is 0.839 bits per heavy atom. The van der Waals surface area contributed by atoms with Gasteiger partial charge in [0.05, 0.1) is 45.6 Å². The predicted molar refractivity (Wildman–Crippen MR) is 109 cm³/mol. The standard InChI is InChI=1S/C22H23NO8/c1-13-18(21(26)30-4)19(22(27)31-5)15(11-14-9-7-6-8-10-14)23(13)16(20(25)29-3)12-17(24)28-2/h6-10,12H,11H2,1-5H3/b16-12+. The first kappa shape index (κ1) is 23.4. The minimum absolute atomic E-state index is 0.0737. The molecule has 1 aromatic heterocycles. The molecule has 2 aromatic rings. The predicted octanol–water partition coefficient (Wildman–Crippen LogP) is 2.15. The summed E-state index contributed by atoms with van der Waals surface area (Å²) >= 11 is 0. The lowest BCUT2D eigenvalue weighted by molar-refractivity contribution is -0.137. The summed E-state index contributed by atoms with van der Waals surface area (Å²) in [5, 5.41) is 0. The van der Waals surface area contributed by atoms with Crippen molar-refractivity contribution in [3.8, 4) is 0 Å². The van der Waals surface area contributed by atoms with E-state index >= 15 is 0 Å². The molecule has 0 amide bonds. The van der Waals surface area contributed by atoms with E-state index in [1.807, 2.05) is 18.2 Å². The molecule has 0 unspecified atom stereocenters. The van der Waals surface area contributed by atoms with E-state index in [0.717, 1.165) is 25.9 Å². The molecule has 0 spiro atoms. The average molecular weight is 429 g/mol. The van der Waals surface area contributed by atoms with Crippen LogP contribution < -0.4 is 0 Å². The minimum Gasteiger partial charge on any atom is -0.466 e. The summed E-state index contributed by atoms with van der Waals surface area (Å²) in [5.74, 6) is -3.28. The van der Waals surface area contributed by atoms with Crippen LogP contribution in [0, 0.1) is 6.92 Å². The number of rotatable bonds is 7. The third kappa shape index (κ3) is 4.82. The van der Waals surface area contributed by atoms with Gasteiger partial charge >= 0.3 is 23.9 Å². The molecule has 0 radical (unpaired) electrons. The molecule has 0 aliphatic heterocycles. The summed E-state index contributed by atoms with van der Waals surface area (Å²) < 4.78 is 20.5. The third-order valence-corrected chi connectivity index (χ3v) is 4.59. The Hall–Kier alpha value is -3.88. The van der Waals surface area contributed by atoms with Crippen molar-refractivity contribution in [3.63, 3.8) is 0 Å². The second kappa shape index (κ2) is 10.2. The normalized spacial score (nSPS) is 10.9. The van der Waals surface area contributed by atoms with Crippen LogP contribution in [0.3, 0.4) is 0 Å². The molecular formula is C22H23NO8. The summed E-state index contributed by atoms with van der Waals surface area (Å²) in [5.41, 5.74) is 0.828. The van der Waals surface area contributed by atoms with Crippen LogP contribution in [-0.4, -0.2) is 56.9 Å². The van der Waals surface area contributed by atoms with Gasteiger partial charge in [0.15, 0.2) is 0 Å². The lowest BCUT2D eigenvalue weighted by Crippen LogP contribution is -2.17. The van der Waals surface area contributed by atoms with E-state index in [1.54, 1.807) is 12.1 Å². The quantitative estimate of drug-likeness (QED) is 0.374. The van der Waals surface area contributed by atoms with Crippen LogP contribution in [-0.2, 0) is 35.0 Å². The van der Waals surface area contributed by atoms with Gasteiger partial charge in [-0.05, 0) is 12.5 Å². The number of ether oxygens (including phenoxy) is 4. The molecule has 31 heavy (non-hydrogen) atoms. The van der Waals surface area contributed by atoms with Gasteiger partial charge in [0.1, 0.15) is 5.70 Å². The second-order valence-corrected chi connectivity index (χ2v) is 6.31. The van der Waals surface area contributed by atoms with Crippen molar-refractivity contribution in [2.24, 2.45) is 0 Å². The number of carbonyl (C=O) groups excluding carboxylic acids is 4. The summed E-state index contributed by atoms with van der Waals surface area (Å²) in [6.45, 7) is 1.52. The van der Waals surface area contributed by atoms with Gasteiger partial charge in [0, 0.05) is 17.8 Å². The summed E-state index contributed by atoms with van der Waals surface area (Å²) in [4.78, 5) is 49.8. The summed E-state index contributed by atoms with van der Waals surface area (Å²) in [6, 6.07) is 9.06. The smallest absolute Gasteiger partial charge is 0.355 e. The molecule has 0 aliphatic carbocycles. The first-order chi connectivity index (χ1) is 14.8. The van der Waals surface area contributed by atoms with Crippen molar-refractivity contribution in [3.05, 3.63) is 64.5 Å². The molecule has 164 valence electrons. The van der Waals surface area contributed by atoms with E-state index in [9.17, 15) is 19.2 Å². The molecule has 0 bridgehead atoms. The van der Waals surface area contributed by atoms with Crippen LogP contribution in [0.2, 0.25) is 0 Å². The van der Waals surface area contributed by atoms with Crippen molar-refractivity contribution in [1.82, 2.24) is 4.57 Å². The Labute approximate surface area is 179 Å². The van der Waals surface area contributed by atoms with Gasteiger partial charge in [-0.25, -0.2) is 19.2 Å². The average Bonchev–Trinajstić information content (AvgIpc) is 3.07. The molecule has 0 N–H and O–H groups in total. The molecule has 9 heteroatoms. The number of aromatic nitrogens is 1. The van der Waals surface area contributed by atoms with Gasteiger partial charge in [-0.1, -0.05) is 30.3 Å². The molecule has 0 saturated carbocycles. The molecule has 1 aromatic carbocycles. The van der Waals surface area contributed by atoms with Crippen molar-refractivity contribution < 1.29 is 38.1 Å². The maximum atomic E-state index is 12.7. The first-order valence-corrected chi connectivity index (χ1v) is 9.13. The highest BCUT2D eigenvalue weighted by Crippen LogP contribution is 2.30. The number of hydrogen-bond donors (Lipinski definition) is 0. The molecule has 0 atom stereocenters. The largest absolute Gasteiger partial charge is 0.466 e. The van der Waals surface area contributed by atoms with E-state index in [2.05, 4.69) is 4.74 Å². The number of carbonyl (C=O) groups is 4.